The van der Waals surface area contributed by atoms with Gasteiger partial charge in [-0.1, -0.05) is 30.8 Å². The van der Waals surface area contributed by atoms with Gasteiger partial charge >= 0.3 is 164 Å². The maximum Gasteiger partial charge on any atom is 1.00 e. The molecule has 15 heteroatoms. The van der Waals surface area contributed by atoms with Crippen LogP contribution < -0.4 is 154 Å². The molecule has 0 aliphatic carbocycles. The minimum Gasteiger partial charge on any atom is -0.744 e. The Labute approximate surface area is 284 Å². The van der Waals surface area contributed by atoms with Gasteiger partial charge in [0, 0.05) is 5.39 Å². The minimum absolute atomic E-state index is 0. The summed E-state index contributed by atoms with van der Waals surface area (Å²) in [7, 11) is -16.1. The molecular weight excluding hydrogens is 502 g/mol. The van der Waals surface area contributed by atoms with Gasteiger partial charge in [0.15, 0.2) is 0 Å². The molecule has 0 heterocycles. The molecule has 2 aromatic rings. The Hall–Kier alpha value is 2.92. The smallest absolute Gasteiger partial charge is 0.744 e. The van der Waals surface area contributed by atoms with E-state index in [4.69, 9.17) is 0 Å². The molecule has 0 bridgehead atoms. The van der Waals surface area contributed by atoms with Gasteiger partial charge in [-0.05, 0) is 11.5 Å². The van der Waals surface area contributed by atoms with Gasteiger partial charge in [0.2, 0.25) is 0 Å². The molecule has 9 nitrogen and oxygen atoms in total. The zero-order chi connectivity index (χ0) is 18.3. The molecule has 0 fully saturated rings. The van der Waals surface area contributed by atoms with Gasteiger partial charge < -0.3 is 13.3 Å². The van der Waals surface area contributed by atoms with Crippen molar-refractivity contribution in [1.29, 1.82) is 0 Å². The van der Waals surface area contributed by atoms with E-state index in [0.717, 1.165) is 6.07 Å². The van der Waals surface area contributed by atoms with Crippen molar-refractivity contribution in [1.82, 2.24) is 0 Å². The normalized spacial score (nSPS) is 11.5. The van der Waals surface area contributed by atoms with E-state index in [-0.39, 0.29) is 165 Å². The Kier molecular flexibility index (Phi) is 14.5. The molecule has 0 spiro atoms. The van der Waals surface area contributed by atoms with Crippen molar-refractivity contribution in [3.8, 4) is 0 Å². The van der Waals surface area contributed by atoms with Gasteiger partial charge in [-0.15, -0.1) is 0 Å². The predicted molar refractivity (Wildman–Crippen MR) is 78.3 cm³/mol. The predicted octanol–water partition coefficient (Wildman–Crippen LogP) is -8.49. The van der Waals surface area contributed by atoms with Crippen LogP contribution in [-0.2, 0) is 34.5 Å². The van der Waals surface area contributed by atoms with Crippen LogP contribution in [0.3, 0.4) is 0 Å². The van der Waals surface area contributed by atoms with Crippen LogP contribution in [0.5, 0.6) is 0 Å². The van der Waals surface area contributed by atoms with E-state index in [0.29, 0.717) is 12.3 Å². The quantitative estimate of drug-likeness (QED) is 0.165. The number of hydrogen-bond acceptors (Lipinski definition) is 9. The van der Waals surface area contributed by atoms with Crippen LogP contribution in [0.4, 0.5) is 0 Å². The van der Waals surface area contributed by atoms with E-state index < -0.39 is 45.0 Å². The summed E-state index contributed by atoms with van der Waals surface area (Å²) >= 11 is 0. The first-order valence-corrected chi connectivity index (χ1v) is 10.1. The second-order valence-electron chi connectivity index (χ2n) is 4.38. The largest absolute Gasteiger partial charge is 1.00 e. The molecule has 0 radical (unpaired) electrons. The van der Waals surface area contributed by atoms with Crippen LogP contribution in [0.15, 0.2) is 57.9 Å². The molecule has 0 N–H and O–H groups in total. The molecule has 0 amide bonds. The molecular formula is C12H8K3O9S3+. The Bertz CT molecular complexity index is 1160. The van der Waals surface area contributed by atoms with Crippen molar-refractivity contribution in [2.24, 2.45) is 0 Å². The van der Waals surface area contributed by atoms with E-state index in [1.807, 2.05) is 0 Å². The fourth-order valence-electron chi connectivity index (χ4n) is 2.08. The van der Waals surface area contributed by atoms with Gasteiger partial charge in [0.05, 0.1) is 16.1 Å². The van der Waals surface area contributed by atoms with Crippen LogP contribution in [0, 0.1) is 0 Å². The molecule has 2 rings (SSSR count). The number of benzene rings is 2. The summed E-state index contributed by atoms with van der Waals surface area (Å²) in [5.41, 5.74) is 0. The first-order chi connectivity index (χ1) is 10.9. The van der Waals surface area contributed by atoms with E-state index in [1.165, 1.54) is 18.2 Å². The Morgan fingerprint density at radius 1 is 0.852 bits per heavy atom. The van der Waals surface area contributed by atoms with Crippen LogP contribution in [0.1, 0.15) is 0 Å². The maximum atomic E-state index is 12.2. The summed E-state index contributed by atoms with van der Waals surface area (Å²) < 4.78 is 97.3. The van der Waals surface area contributed by atoms with Gasteiger partial charge in [-0.2, -0.15) is 8.42 Å². The first-order valence-electron chi connectivity index (χ1n) is 5.91. The van der Waals surface area contributed by atoms with Crippen molar-refractivity contribution in [3.63, 3.8) is 0 Å². The standard InChI is InChI=1S/C12H10O9S3.3K/c1-2-21-24(19,20)11-9-6-4-3-5-8(9)7-10(22(13,14)15)12(11)23(16,17)18;;;/h2-7H,1H2,(H,13,14,15)(H,16,17,18);;;/q;3*+1/p-2. The molecule has 0 atom stereocenters. The molecule has 130 valence electrons. The van der Waals surface area contributed by atoms with Crippen molar-refractivity contribution < 1.29 is 193 Å². The molecule has 0 unspecified atom stereocenters. The number of rotatable bonds is 5. The Morgan fingerprint density at radius 2 is 1.37 bits per heavy atom. The molecule has 27 heavy (non-hydrogen) atoms. The fraction of sp³-hybridized carbons (Fsp3) is 0. The van der Waals surface area contributed by atoms with Crippen LogP contribution in [0.2, 0.25) is 0 Å². The minimum atomic E-state index is -5.66. The third-order valence-corrected chi connectivity index (χ3v) is 6.24. The zero-order valence-corrected chi connectivity index (χ0v) is 26.4. The average molecular weight is 510 g/mol. The summed E-state index contributed by atoms with van der Waals surface area (Å²) in [5.74, 6) is 0. The summed E-state index contributed by atoms with van der Waals surface area (Å²) in [6.07, 6.45) is 0.448. The molecule has 0 aliphatic rings. The first kappa shape index (κ1) is 32.1. The monoisotopic (exact) mass is 509 g/mol. The third-order valence-electron chi connectivity index (χ3n) is 2.89. The van der Waals surface area contributed by atoms with Gasteiger partial charge in [-0.25, -0.2) is 16.8 Å². The van der Waals surface area contributed by atoms with Gasteiger partial charge in [-0.3, -0.25) is 0 Å². The fourth-order valence-corrected chi connectivity index (χ4v) is 5.68. The second kappa shape index (κ2) is 12.2. The molecule has 0 aliphatic heterocycles. The summed E-state index contributed by atoms with van der Waals surface area (Å²) in [5, 5.41) is -0.397. The van der Waals surface area contributed by atoms with E-state index in [2.05, 4.69) is 10.8 Å². The summed E-state index contributed by atoms with van der Waals surface area (Å²) in [6.45, 7) is 3.01. The molecule has 0 aromatic heterocycles. The Balaban J connectivity index is 0. The average Bonchev–Trinajstić information content (AvgIpc) is 2.43. The van der Waals surface area contributed by atoms with Crippen LogP contribution in [-0.4, -0.2) is 34.4 Å². The van der Waals surface area contributed by atoms with Crippen molar-refractivity contribution in [2.45, 2.75) is 14.7 Å². The summed E-state index contributed by atoms with van der Waals surface area (Å²) in [6, 6.07) is 5.69. The molecule has 0 saturated heterocycles. The van der Waals surface area contributed by atoms with Crippen LogP contribution in [0.25, 0.3) is 10.8 Å². The molecule has 0 saturated carbocycles. The second-order valence-corrected chi connectivity index (χ2v) is 8.55. The third kappa shape index (κ3) is 7.77. The van der Waals surface area contributed by atoms with Crippen molar-refractivity contribution in [3.05, 3.63) is 43.2 Å². The van der Waals surface area contributed by atoms with Crippen LogP contribution >= 0.6 is 0 Å². The number of hydrogen-bond donors (Lipinski definition) is 0. The van der Waals surface area contributed by atoms with Crippen molar-refractivity contribution in [2.75, 3.05) is 0 Å². The van der Waals surface area contributed by atoms with E-state index in [1.54, 1.807) is 0 Å². The van der Waals surface area contributed by atoms with E-state index >= 15 is 0 Å². The summed E-state index contributed by atoms with van der Waals surface area (Å²) in [4.78, 5) is -4.38. The Morgan fingerprint density at radius 3 is 1.81 bits per heavy atom. The zero-order valence-electron chi connectivity index (χ0n) is 14.6. The van der Waals surface area contributed by atoms with Gasteiger partial charge in [0.1, 0.15) is 25.1 Å². The SMILES string of the molecule is C=COS(=O)(=O)c1c(S(=O)(=O)[O-])c(S(=O)(=O)[O-])cc2ccccc12.[K+].[K+].[K+]. The van der Waals surface area contributed by atoms with Gasteiger partial charge in [0.25, 0.3) is 0 Å². The topological polar surface area (TPSA) is 158 Å². The van der Waals surface area contributed by atoms with E-state index in [9.17, 15) is 34.4 Å². The maximum absolute atomic E-state index is 12.2. The number of fused-ring (bicyclic) bond motifs is 1. The van der Waals surface area contributed by atoms with Crippen molar-refractivity contribution >= 4 is 41.1 Å². The molecule has 2 aromatic carbocycles.